The molecular weight excluding hydrogens is 190 g/mol. The molecule has 0 aliphatic rings. The summed E-state index contributed by atoms with van der Waals surface area (Å²) in [4.78, 5) is 12.4. The summed E-state index contributed by atoms with van der Waals surface area (Å²) in [6.07, 6.45) is 6.96. The Hall–Kier alpha value is -2.30. The topological polar surface area (TPSA) is 56.0 Å². The van der Waals surface area contributed by atoms with Crippen LogP contribution in [0.25, 0.3) is 17.2 Å². The number of hydrogen-bond acceptors (Lipinski definition) is 4. The van der Waals surface area contributed by atoms with Crippen molar-refractivity contribution in [1.82, 2.24) is 24.6 Å². The highest BCUT2D eigenvalue weighted by Crippen LogP contribution is 2.12. The monoisotopic (exact) mass is 197 g/mol. The van der Waals surface area contributed by atoms with Crippen LogP contribution in [-0.2, 0) is 0 Å². The number of nitrogens with zero attached hydrogens (tertiary/aromatic N) is 5. The normalized spacial score (nSPS) is 10.7. The lowest BCUT2D eigenvalue weighted by molar-refractivity contribution is 0.942. The van der Waals surface area contributed by atoms with Gasteiger partial charge in [-0.25, -0.2) is 9.50 Å². The molecule has 0 radical (unpaired) electrons. The average Bonchev–Trinajstić information content (AvgIpc) is 2.74. The van der Waals surface area contributed by atoms with Crippen LogP contribution in [0.2, 0.25) is 0 Å². The third-order valence-corrected chi connectivity index (χ3v) is 2.04. The van der Waals surface area contributed by atoms with Crippen molar-refractivity contribution in [3.05, 3.63) is 43.0 Å². The average molecular weight is 197 g/mol. The Balaban J connectivity index is 2.21. The predicted octanol–water partition coefficient (Wildman–Crippen LogP) is 1.19. The van der Waals surface area contributed by atoms with Gasteiger partial charge < -0.3 is 0 Å². The van der Waals surface area contributed by atoms with Gasteiger partial charge in [0.05, 0.1) is 0 Å². The summed E-state index contributed by atoms with van der Waals surface area (Å²) < 4.78 is 1.64. The smallest absolute Gasteiger partial charge is 0.252 e. The van der Waals surface area contributed by atoms with Gasteiger partial charge in [0.2, 0.25) is 0 Å². The molecule has 0 bridgehead atoms. The molecule has 15 heavy (non-hydrogen) atoms. The quantitative estimate of drug-likeness (QED) is 0.588. The molecule has 0 aromatic carbocycles. The SMILES string of the molecule is c1cncc(-c2nc3ncccn3n2)c1. The van der Waals surface area contributed by atoms with Gasteiger partial charge >= 0.3 is 0 Å². The van der Waals surface area contributed by atoms with E-state index in [-0.39, 0.29) is 0 Å². The Bertz CT molecular complexity index is 554. The fourth-order valence-electron chi connectivity index (χ4n) is 1.35. The van der Waals surface area contributed by atoms with Gasteiger partial charge in [-0.2, -0.15) is 4.98 Å². The maximum atomic E-state index is 4.29. The van der Waals surface area contributed by atoms with E-state index in [2.05, 4.69) is 20.1 Å². The minimum absolute atomic E-state index is 0.594. The maximum Gasteiger partial charge on any atom is 0.252 e. The Morgan fingerprint density at radius 1 is 1.13 bits per heavy atom. The lowest BCUT2D eigenvalue weighted by atomic mass is 10.3. The van der Waals surface area contributed by atoms with Gasteiger partial charge in [-0.05, 0) is 18.2 Å². The first kappa shape index (κ1) is 8.05. The van der Waals surface area contributed by atoms with E-state index in [0.29, 0.717) is 11.6 Å². The van der Waals surface area contributed by atoms with Gasteiger partial charge in [-0.3, -0.25) is 4.98 Å². The van der Waals surface area contributed by atoms with Crippen molar-refractivity contribution in [3.63, 3.8) is 0 Å². The van der Waals surface area contributed by atoms with E-state index in [1.807, 2.05) is 24.4 Å². The van der Waals surface area contributed by atoms with Crippen LogP contribution in [-0.4, -0.2) is 24.6 Å². The number of hydrogen-bond donors (Lipinski definition) is 0. The summed E-state index contributed by atoms with van der Waals surface area (Å²) in [6.45, 7) is 0. The van der Waals surface area contributed by atoms with Crippen molar-refractivity contribution >= 4 is 5.78 Å². The van der Waals surface area contributed by atoms with Crippen molar-refractivity contribution in [1.29, 1.82) is 0 Å². The third kappa shape index (κ3) is 1.34. The molecule has 0 spiro atoms. The van der Waals surface area contributed by atoms with Gasteiger partial charge in [0.1, 0.15) is 0 Å². The van der Waals surface area contributed by atoms with Crippen LogP contribution in [0.1, 0.15) is 0 Å². The molecule has 3 aromatic heterocycles. The zero-order chi connectivity index (χ0) is 10.1. The highest BCUT2D eigenvalue weighted by molar-refractivity contribution is 5.54. The van der Waals surface area contributed by atoms with Crippen LogP contribution in [0.15, 0.2) is 43.0 Å². The molecule has 3 rings (SSSR count). The van der Waals surface area contributed by atoms with Gasteiger partial charge in [-0.1, -0.05) is 0 Å². The molecule has 0 aliphatic carbocycles. The van der Waals surface area contributed by atoms with Crippen LogP contribution in [0.4, 0.5) is 0 Å². The highest BCUT2D eigenvalue weighted by atomic mass is 15.3. The van der Waals surface area contributed by atoms with Crippen LogP contribution < -0.4 is 0 Å². The molecule has 0 N–H and O–H groups in total. The molecule has 0 aliphatic heterocycles. The summed E-state index contributed by atoms with van der Waals surface area (Å²) in [5.41, 5.74) is 0.892. The lowest BCUT2D eigenvalue weighted by Gasteiger charge is -1.90. The van der Waals surface area contributed by atoms with E-state index in [0.717, 1.165) is 5.56 Å². The molecule has 5 heteroatoms. The van der Waals surface area contributed by atoms with Gasteiger partial charge in [0, 0.05) is 30.4 Å². The number of pyridine rings is 1. The van der Waals surface area contributed by atoms with Crippen molar-refractivity contribution in [2.45, 2.75) is 0 Å². The van der Waals surface area contributed by atoms with Gasteiger partial charge in [0.15, 0.2) is 5.82 Å². The van der Waals surface area contributed by atoms with Crippen molar-refractivity contribution in [2.75, 3.05) is 0 Å². The minimum Gasteiger partial charge on any atom is -0.264 e. The Kier molecular flexibility index (Phi) is 1.68. The van der Waals surface area contributed by atoms with E-state index < -0.39 is 0 Å². The van der Waals surface area contributed by atoms with Crippen LogP contribution >= 0.6 is 0 Å². The Morgan fingerprint density at radius 2 is 2.13 bits per heavy atom. The van der Waals surface area contributed by atoms with Crippen LogP contribution in [0.3, 0.4) is 0 Å². The summed E-state index contributed by atoms with van der Waals surface area (Å²) >= 11 is 0. The van der Waals surface area contributed by atoms with E-state index in [4.69, 9.17) is 0 Å². The zero-order valence-electron chi connectivity index (χ0n) is 7.78. The Morgan fingerprint density at radius 3 is 2.93 bits per heavy atom. The molecule has 0 amide bonds. The third-order valence-electron chi connectivity index (χ3n) is 2.04. The Labute approximate surface area is 85.5 Å². The molecule has 5 nitrogen and oxygen atoms in total. The zero-order valence-corrected chi connectivity index (χ0v) is 7.78. The van der Waals surface area contributed by atoms with Crippen LogP contribution in [0.5, 0.6) is 0 Å². The van der Waals surface area contributed by atoms with Crippen molar-refractivity contribution in [2.24, 2.45) is 0 Å². The number of rotatable bonds is 1. The van der Waals surface area contributed by atoms with E-state index in [1.54, 1.807) is 23.1 Å². The lowest BCUT2D eigenvalue weighted by Crippen LogP contribution is -1.87. The minimum atomic E-state index is 0.594. The molecule has 0 saturated carbocycles. The second-order valence-corrected chi connectivity index (χ2v) is 3.04. The maximum absolute atomic E-state index is 4.29. The van der Waals surface area contributed by atoms with E-state index >= 15 is 0 Å². The molecule has 0 atom stereocenters. The summed E-state index contributed by atoms with van der Waals surface area (Å²) in [5.74, 6) is 1.23. The number of fused-ring (bicyclic) bond motifs is 1. The van der Waals surface area contributed by atoms with Crippen molar-refractivity contribution < 1.29 is 0 Å². The number of aromatic nitrogens is 5. The summed E-state index contributed by atoms with van der Waals surface area (Å²) in [7, 11) is 0. The second kappa shape index (κ2) is 3.13. The second-order valence-electron chi connectivity index (χ2n) is 3.04. The molecule has 0 unspecified atom stereocenters. The van der Waals surface area contributed by atoms with Crippen molar-refractivity contribution in [3.8, 4) is 11.4 Å². The fraction of sp³-hybridized carbons (Fsp3) is 0. The highest BCUT2D eigenvalue weighted by Gasteiger charge is 2.05. The molecule has 3 aromatic rings. The predicted molar refractivity (Wildman–Crippen MR) is 54.0 cm³/mol. The van der Waals surface area contributed by atoms with Gasteiger partial charge in [-0.15, -0.1) is 5.10 Å². The van der Waals surface area contributed by atoms with E-state index in [9.17, 15) is 0 Å². The molecule has 0 saturated heterocycles. The summed E-state index contributed by atoms with van der Waals surface area (Å²) in [5, 5.41) is 4.29. The molecule has 3 heterocycles. The molecule has 72 valence electrons. The standard InChI is InChI=1S/C10H7N5/c1-3-8(7-11-4-1)9-13-10-12-5-2-6-15(10)14-9/h1-7H. The van der Waals surface area contributed by atoms with Gasteiger partial charge in [0.25, 0.3) is 5.78 Å². The largest absolute Gasteiger partial charge is 0.264 e. The van der Waals surface area contributed by atoms with Crippen LogP contribution in [0, 0.1) is 0 Å². The first-order valence-electron chi connectivity index (χ1n) is 4.51. The first-order valence-corrected chi connectivity index (χ1v) is 4.51. The summed E-state index contributed by atoms with van der Waals surface area (Å²) in [6, 6.07) is 5.59. The van der Waals surface area contributed by atoms with E-state index in [1.165, 1.54) is 0 Å². The molecular formula is C10H7N5. The fourth-order valence-corrected chi connectivity index (χ4v) is 1.35. The molecule has 0 fully saturated rings. The first-order chi connectivity index (χ1) is 7.43.